The van der Waals surface area contributed by atoms with Gasteiger partial charge in [0.1, 0.15) is 0 Å². The smallest absolute Gasteiger partial charge is 0.0693 e. The summed E-state index contributed by atoms with van der Waals surface area (Å²) in [4.78, 5) is 0. The summed E-state index contributed by atoms with van der Waals surface area (Å²) in [7, 11) is 0. The van der Waals surface area contributed by atoms with E-state index >= 15 is 0 Å². The van der Waals surface area contributed by atoms with Crippen LogP contribution in [0.5, 0.6) is 0 Å². The first-order chi connectivity index (χ1) is 10.2. The number of nitrogens with two attached hydrogens (primary N) is 1. The summed E-state index contributed by atoms with van der Waals surface area (Å²) in [6.45, 7) is 0. The maximum atomic E-state index is 9.89. The molecule has 0 unspecified atom stereocenters. The van der Waals surface area contributed by atoms with Crippen LogP contribution in [-0.4, -0.2) is 17.3 Å². The SMILES string of the molecule is N[C@@H]1CC[C@H](Cc2ccc(-c3ccccc3)cc2)C[C@H]1O. The second kappa shape index (κ2) is 6.42. The first-order valence-corrected chi connectivity index (χ1v) is 7.80. The first kappa shape index (κ1) is 14.3. The van der Waals surface area contributed by atoms with Crippen LogP contribution in [0.1, 0.15) is 24.8 Å². The lowest BCUT2D eigenvalue weighted by Crippen LogP contribution is -2.40. The predicted octanol–water partition coefficient (Wildman–Crippen LogP) is 3.38. The first-order valence-electron chi connectivity index (χ1n) is 7.80. The fourth-order valence-corrected chi connectivity index (χ4v) is 3.24. The molecule has 2 aromatic rings. The Kier molecular flexibility index (Phi) is 4.37. The highest BCUT2D eigenvalue weighted by atomic mass is 16.3. The van der Waals surface area contributed by atoms with Crippen molar-refractivity contribution in [1.29, 1.82) is 0 Å². The molecular weight excluding hydrogens is 258 g/mol. The van der Waals surface area contributed by atoms with Gasteiger partial charge in [-0.1, -0.05) is 54.6 Å². The summed E-state index contributed by atoms with van der Waals surface area (Å²) < 4.78 is 0. The van der Waals surface area contributed by atoms with Crippen molar-refractivity contribution in [3.63, 3.8) is 0 Å². The molecule has 0 aliphatic heterocycles. The zero-order valence-electron chi connectivity index (χ0n) is 12.3. The number of benzene rings is 2. The molecule has 21 heavy (non-hydrogen) atoms. The van der Waals surface area contributed by atoms with Crippen molar-refractivity contribution >= 4 is 0 Å². The zero-order chi connectivity index (χ0) is 14.7. The Hall–Kier alpha value is -1.64. The minimum absolute atomic E-state index is 0.0262. The van der Waals surface area contributed by atoms with Gasteiger partial charge in [-0.25, -0.2) is 0 Å². The third kappa shape index (κ3) is 3.52. The Bertz CT molecular complexity index is 564. The van der Waals surface area contributed by atoms with Crippen LogP contribution < -0.4 is 5.73 Å². The number of aliphatic hydroxyl groups excluding tert-OH is 1. The van der Waals surface area contributed by atoms with E-state index in [9.17, 15) is 5.11 Å². The van der Waals surface area contributed by atoms with E-state index in [1.807, 2.05) is 6.07 Å². The Morgan fingerprint density at radius 1 is 0.905 bits per heavy atom. The fraction of sp³-hybridized carbons (Fsp3) is 0.368. The zero-order valence-corrected chi connectivity index (χ0v) is 12.3. The van der Waals surface area contributed by atoms with Gasteiger partial charge in [-0.3, -0.25) is 0 Å². The molecule has 2 heteroatoms. The summed E-state index contributed by atoms with van der Waals surface area (Å²) in [6, 6.07) is 19.2. The van der Waals surface area contributed by atoms with Crippen LogP contribution in [0.4, 0.5) is 0 Å². The van der Waals surface area contributed by atoms with Crippen LogP contribution in [0.2, 0.25) is 0 Å². The highest BCUT2D eigenvalue weighted by Gasteiger charge is 2.26. The molecule has 0 spiro atoms. The fourth-order valence-electron chi connectivity index (χ4n) is 3.24. The van der Waals surface area contributed by atoms with Crippen molar-refractivity contribution in [3.05, 3.63) is 60.2 Å². The van der Waals surface area contributed by atoms with Gasteiger partial charge in [0.15, 0.2) is 0 Å². The second-order valence-corrected chi connectivity index (χ2v) is 6.18. The van der Waals surface area contributed by atoms with Crippen LogP contribution in [0.25, 0.3) is 11.1 Å². The van der Waals surface area contributed by atoms with Crippen molar-refractivity contribution in [2.45, 2.75) is 37.8 Å². The van der Waals surface area contributed by atoms with Gasteiger partial charge in [-0.2, -0.15) is 0 Å². The molecule has 2 nitrogen and oxygen atoms in total. The standard InChI is InChI=1S/C19H23NO/c20-18-11-8-15(13-19(18)21)12-14-6-9-17(10-7-14)16-4-2-1-3-5-16/h1-7,9-10,15,18-19,21H,8,11-13,20H2/t15-,18-,19-/m1/s1. The molecule has 0 heterocycles. The van der Waals surface area contributed by atoms with Crippen LogP contribution >= 0.6 is 0 Å². The second-order valence-electron chi connectivity index (χ2n) is 6.18. The molecule has 0 bridgehead atoms. The highest BCUT2D eigenvalue weighted by Crippen LogP contribution is 2.28. The van der Waals surface area contributed by atoms with Gasteiger partial charge in [0.05, 0.1) is 6.10 Å². The van der Waals surface area contributed by atoms with Crippen molar-refractivity contribution in [3.8, 4) is 11.1 Å². The molecule has 1 fully saturated rings. The predicted molar refractivity (Wildman–Crippen MR) is 86.9 cm³/mol. The average Bonchev–Trinajstić information content (AvgIpc) is 2.53. The van der Waals surface area contributed by atoms with E-state index in [1.165, 1.54) is 16.7 Å². The summed E-state index contributed by atoms with van der Waals surface area (Å²) in [5, 5.41) is 9.89. The van der Waals surface area contributed by atoms with E-state index in [-0.39, 0.29) is 12.1 Å². The number of hydrogen-bond acceptors (Lipinski definition) is 2. The van der Waals surface area contributed by atoms with E-state index in [0.29, 0.717) is 5.92 Å². The molecule has 1 aliphatic carbocycles. The van der Waals surface area contributed by atoms with Crippen molar-refractivity contribution < 1.29 is 5.11 Å². The van der Waals surface area contributed by atoms with E-state index in [1.54, 1.807) is 0 Å². The lowest BCUT2D eigenvalue weighted by Gasteiger charge is -2.30. The van der Waals surface area contributed by atoms with E-state index < -0.39 is 0 Å². The number of rotatable bonds is 3. The third-order valence-corrected chi connectivity index (χ3v) is 4.56. The summed E-state index contributed by atoms with van der Waals surface area (Å²) in [6.07, 6.45) is 3.61. The van der Waals surface area contributed by atoms with E-state index in [4.69, 9.17) is 5.73 Å². The Morgan fingerprint density at radius 3 is 2.24 bits per heavy atom. The summed E-state index contributed by atoms with van der Waals surface area (Å²) >= 11 is 0. The number of aliphatic hydroxyl groups is 1. The molecule has 0 radical (unpaired) electrons. The lowest BCUT2D eigenvalue weighted by atomic mass is 9.81. The van der Waals surface area contributed by atoms with Crippen LogP contribution in [0.3, 0.4) is 0 Å². The Morgan fingerprint density at radius 2 is 1.57 bits per heavy atom. The van der Waals surface area contributed by atoms with Crippen molar-refractivity contribution in [2.75, 3.05) is 0 Å². The lowest BCUT2D eigenvalue weighted by molar-refractivity contribution is 0.0809. The molecule has 1 saturated carbocycles. The molecule has 1 aliphatic rings. The minimum Gasteiger partial charge on any atom is -0.392 e. The molecule has 0 amide bonds. The van der Waals surface area contributed by atoms with Gasteiger partial charge in [-0.15, -0.1) is 0 Å². The van der Waals surface area contributed by atoms with Gasteiger partial charge in [0.25, 0.3) is 0 Å². The van der Waals surface area contributed by atoms with Crippen LogP contribution in [0, 0.1) is 5.92 Å². The topological polar surface area (TPSA) is 46.2 Å². The minimum atomic E-state index is -0.327. The van der Waals surface area contributed by atoms with Crippen LogP contribution in [-0.2, 0) is 6.42 Å². The highest BCUT2D eigenvalue weighted by molar-refractivity contribution is 5.63. The average molecular weight is 281 g/mol. The largest absolute Gasteiger partial charge is 0.392 e. The van der Waals surface area contributed by atoms with Crippen LogP contribution in [0.15, 0.2) is 54.6 Å². The van der Waals surface area contributed by atoms with E-state index in [2.05, 4.69) is 48.5 Å². The maximum Gasteiger partial charge on any atom is 0.0693 e. The molecule has 3 atom stereocenters. The summed E-state index contributed by atoms with van der Waals surface area (Å²) in [5.74, 6) is 0.558. The molecule has 110 valence electrons. The van der Waals surface area contributed by atoms with Crippen molar-refractivity contribution in [1.82, 2.24) is 0 Å². The van der Waals surface area contributed by atoms with Gasteiger partial charge in [0, 0.05) is 6.04 Å². The van der Waals surface area contributed by atoms with Gasteiger partial charge in [0.2, 0.25) is 0 Å². The normalized spacial score (nSPS) is 25.7. The molecular formula is C19H23NO. The monoisotopic (exact) mass is 281 g/mol. The van der Waals surface area contributed by atoms with Crippen molar-refractivity contribution in [2.24, 2.45) is 11.7 Å². The Balaban J connectivity index is 1.65. The maximum absolute atomic E-state index is 9.89. The Labute approximate surface area is 126 Å². The molecule has 3 N–H and O–H groups in total. The molecule has 2 aromatic carbocycles. The number of hydrogen-bond donors (Lipinski definition) is 2. The van der Waals surface area contributed by atoms with Gasteiger partial charge < -0.3 is 10.8 Å². The van der Waals surface area contributed by atoms with Gasteiger partial charge >= 0.3 is 0 Å². The molecule has 0 aromatic heterocycles. The molecule has 3 rings (SSSR count). The van der Waals surface area contributed by atoms with Gasteiger partial charge in [-0.05, 0) is 48.3 Å². The van der Waals surface area contributed by atoms with E-state index in [0.717, 1.165) is 25.7 Å². The quantitative estimate of drug-likeness (QED) is 0.906. The molecule has 0 saturated heterocycles. The summed E-state index contributed by atoms with van der Waals surface area (Å²) in [5.41, 5.74) is 9.73. The third-order valence-electron chi connectivity index (χ3n) is 4.56.